The number of carbonyl (C=O) groups is 1. The maximum Gasteiger partial charge on any atom is 0.267 e. The van der Waals surface area contributed by atoms with E-state index < -0.39 is 15.9 Å². The Balaban J connectivity index is 1.89. The third-order valence-electron chi connectivity index (χ3n) is 3.15. The van der Waals surface area contributed by atoms with E-state index in [1.165, 1.54) is 17.3 Å². The van der Waals surface area contributed by atoms with E-state index in [0.29, 0.717) is 11.1 Å². The zero-order chi connectivity index (χ0) is 14.2. The molecule has 8 heteroatoms. The molecule has 1 aromatic carbocycles. The normalized spacial score (nSPS) is 17.0. The molecule has 0 bridgehead atoms. The molecule has 0 saturated carbocycles. The van der Waals surface area contributed by atoms with Crippen LogP contribution in [0, 0.1) is 0 Å². The van der Waals surface area contributed by atoms with Gasteiger partial charge in [-0.1, -0.05) is 18.2 Å². The highest BCUT2D eigenvalue weighted by molar-refractivity contribution is 7.89. The van der Waals surface area contributed by atoms with Crippen molar-refractivity contribution >= 4 is 15.9 Å². The predicted octanol–water partition coefficient (Wildman–Crippen LogP) is 0.264. The monoisotopic (exact) mass is 292 g/mol. The first-order chi connectivity index (χ1) is 9.58. The number of benzene rings is 1. The van der Waals surface area contributed by atoms with Gasteiger partial charge in [-0.2, -0.15) is 5.10 Å². The number of hydrogen-bond acceptors (Lipinski definition) is 5. The average molecular weight is 292 g/mol. The molecule has 3 rings (SSSR count). The van der Waals surface area contributed by atoms with Crippen LogP contribution in [-0.4, -0.2) is 39.9 Å². The molecule has 7 nitrogen and oxygen atoms in total. The summed E-state index contributed by atoms with van der Waals surface area (Å²) in [5.41, 5.74) is 0.996. The van der Waals surface area contributed by atoms with Gasteiger partial charge in [0.1, 0.15) is 12.7 Å². The molecule has 20 heavy (non-hydrogen) atoms. The van der Waals surface area contributed by atoms with Crippen molar-refractivity contribution in [3.8, 4) is 0 Å². The molecule has 2 heterocycles. The maximum absolute atomic E-state index is 12.3. The molecule has 1 aromatic heterocycles. The van der Waals surface area contributed by atoms with E-state index in [1.54, 1.807) is 24.3 Å². The van der Waals surface area contributed by atoms with Crippen LogP contribution in [0.1, 0.15) is 15.9 Å². The fourth-order valence-electron chi connectivity index (χ4n) is 2.17. The topological polar surface area (TPSA) is 85.2 Å². The molecule has 0 spiro atoms. The lowest BCUT2D eigenvalue weighted by atomic mass is 10.1. The lowest BCUT2D eigenvalue weighted by Crippen LogP contribution is -2.43. The molecule has 0 unspecified atom stereocenters. The van der Waals surface area contributed by atoms with E-state index >= 15 is 0 Å². The Hall–Kier alpha value is -2.22. The zero-order valence-electron chi connectivity index (χ0n) is 10.5. The van der Waals surface area contributed by atoms with Crippen LogP contribution in [0.3, 0.4) is 0 Å². The van der Waals surface area contributed by atoms with Crippen LogP contribution >= 0.6 is 0 Å². The molecular weight excluding hydrogens is 280 g/mol. The van der Waals surface area contributed by atoms with Gasteiger partial charge < -0.3 is 0 Å². The molecule has 0 aliphatic carbocycles. The van der Waals surface area contributed by atoms with E-state index in [2.05, 4.69) is 10.1 Å². The highest BCUT2D eigenvalue weighted by Crippen LogP contribution is 2.24. The zero-order valence-corrected chi connectivity index (χ0v) is 11.3. The summed E-state index contributed by atoms with van der Waals surface area (Å²) in [4.78, 5) is 16.1. The smallest absolute Gasteiger partial charge is 0.267 e. The molecule has 1 aliphatic rings. The van der Waals surface area contributed by atoms with Gasteiger partial charge in [-0.15, -0.1) is 0 Å². The second-order valence-electron chi connectivity index (χ2n) is 4.45. The summed E-state index contributed by atoms with van der Waals surface area (Å²) in [7, 11) is -3.62. The first-order valence-electron chi connectivity index (χ1n) is 6.03. The SMILES string of the molecule is O=C1c2ccccc2CS(=O)(=O)N1CCn1cncn1. The van der Waals surface area contributed by atoms with Crippen LogP contribution in [0.4, 0.5) is 0 Å². The van der Waals surface area contributed by atoms with Crippen LogP contribution < -0.4 is 0 Å². The van der Waals surface area contributed by atoms with Gasteiger partial charge >= 0.3 is 0 Å². The van der Waals surface area contributed by atoms with Crippen molar-refractivity contribution in [2.45, 2.75) is 12.3 Å². The summed E-state index contributed by atoms with van der Waals surface area (Å²) in [5, 5.41) is 3.89. The molecule has 104 valence electrons. The van der Waals surface area contributed by atoms with Crippen molar-refractivity contribution < 1.29 is 13.2 Å². The van der Waals surface area contributed by atoms with E-state index in [0.717, 1.165) is 4.31 Å². The van der Waals surface area contributed by atoms with Crippen LogP contribution in [0.2, 0.25) is 0 Å². The fourth-order valence-corrected chi connectivity index (χ4v) is 3.68. The minimum atomic E-state index is -3.62. The third kappa shape index (κ3) is 2.18. The third-order valence-corrected chi connectivity index (χ3v) is 4.84. The highest BCUT2D eigenvalue weighted by Gasteiger charge is 2.35. The summed E-state index contributed by atoms with van der Waals surface area (Å²) in [6.45, 7) is 0.339. The van der Waals surface area contributed by atoms with E-state index in [4.69, 9.17) is 0 Å². The van der Waals surface area contributed by atoms with Gasteiger partial charge in [-0.05, 0) is 11.6 Å². The second-order valence-corrected chi connectivity index (χ2v) is 6.34. The van der Waals surface area contributed by atoms with Crippen molar-refractivity contribution in [2.75, 3.05) is 6.54 Å². The Labute approximate surface area is 115 Å². The standard InChI is InChI=1S/C12H12N4O3S/c17-12-11-4-2-1-3-10(11)7-20(18,19)16(12)6-5-15-9-13-8-14-15/h1-4,8-9H,5-7H2. The number of aromatic nitrogens is 3. The van der Waals surface area contributed by atoms with E-state index in [9.17, 15) is 13.2 Å². The van der Waals surface area contributed by atoms with Gasteiger partial charge in [0.15, 0.2) is 0 Å². The number of amides is 1. The number of sulfonamides is 1. The number of nitrogens with zero attached hydrogens (tertiary/aromatic N) is 4. The number of rotatable bonds is 3. The molecule has 0 N–H and O–H groups in total. The molecular formula is C12H12N4O3S. The molecule has 0 saturated heterocycles. The van der Waals surface area contributed by atoms with Gasteiger partial charge in [0, 0.05) is 5.56 Å². The van der Waals surface area contributed by atoms with Crippen molar-refractivity contribution in [1.82, 2.24) is 19.1 Å². The van der Waals surface area contributed by atoms with Crippen molar-refractivity contribution in [3.63, 3.8) is 0 Å². The Bertz CT molecular complexity index is 740. The van der Waals surface area contributed by atoms with Crippen LogP contribution in [-0.2, 0) is 22.3 Å². The Kier molecular flexibility index (Phi) is 3.01. The average Bonchev–Trinajstić information content (AvgIpc) is 2.91. The first-order valence-corrected chi connectivity index (χ1v) is 7.64. The fraction of sp³-hybridized carbons (Fsp3) is 0.250. The summed E-state index contributed by atoms with van der Waals surface area (Å²) in [6, 6.07) is 6.77. The minimum absolute atomic E-state index is 0.0544. The van der Waals surface area contributed by atoms with Crippen LogP contribution in [0.15, 0.2) is 36.9 Å². The molecule has 0 atom stereocenters. The maximum atomic E-state index is 12.3. The van der Waals surface area contributed by atoms with Gasteiger partial charge in [0.2, 0.25) is 10.0 Å². The van der Waals surface area contributed by atoms with Gasteiger partial charge in [-0.25, -0.2) is 17.7 Å². The Morgan fingerprint density at radius 1 is 1.20 bits per heavy atom. The quantitative estimate of drug-likeness (QED) is 0.810. The second kappa shape index (κ2) is 4.71. The Morgan fingerprint density at radius 3 is 2.75 bits per heavy atom. The van der Waals surface area contributed by atoms with E-state index in [-0.39, 0.29) is 18.8 Å². The van der Waals surface area contributed by atoms with Gasteiger partial charge in [-0.3, -0.25) is 9.48 Å². The first kappa shape index (κ1) is 12.8. The summed E-state index contributed by atoms with van der Waals surface area (Å²) < 4.78 is 26.8. The summed E-state index contributed by atoms with van der Waals surface area (Å²) in [6.07, 6.45) is 2.84. The molecule has 0 fully saturated rings. The summed E-state index contributed by atoms with van der Waals surface area (Å²) in [5.74, 6) is -0.626. The predicted molar refractivity (Wildman–Crippen MR) is 70.1 cm³/mol. The summed E-state index contributed by atoms with van der Waals surface area (Å²) >= 11 is 0. The van der Waals surface area contributed by atoms with Gasteiger partial charge in [0.25, 0.3) is 5.91 Å². The van der Waals surface area contributed by atoms with Crippen molar-refractivity contribution in [1.29, 1.82) is 0 Å². The van der Waals surface area contributed by atoms with Crippen molar-refractivity contribution in [2.24, 2.45) is 0 Å². The van der Waals surface area contributed by atoms with Crippen molar-refractivity contribution in [3.05, 3.63) is 48.0 Å². The molecule has 1 aliphatic heterocycles. The Morgan fingerprint density at radius 2 is 2.00 bits per heavy atom. The van der Waals surface area contributed by atoms with E-state index in [1.807, 2.05) is 0 Å². The lowest BCUT2D eigenvalue weighted by molar-refractivity contribution is 0.0851. The van der Waals surface area contributed by atoms with Gasteiger partial charge in [0.05, 0.1) is 18.8 Å². The number of carbonyl (C=O) groups excluding carboxylic acids is 1. The number of hydrogen-bond donors (Lipinski definition) is 0. The lowest BCUT2D eigenvalue weighted by Gasteiger charge is -2.27. The molecule has 0 radical (unpaired) electrons. The van der Waals surface area contributed by atoms with Crippen LogP contribution in [0.25, 0.3) is 0 Å². The largest absolute Gasteiger partial charge is 0.268 e. The van der Waals surface area contributed by atoms with Crippen LogP contribution in [0.5, 0.6) is 0 Å². The highest BCUT2D eigenvalue weighted by atomic mass is 32.2. The minimum Gasteiger partial charge on any atom is -0.268 e. The number of fused-ring (bicyclic) bond motifs is 1. The molecule has 1 amide bonds. The molecule has 2 aromatic rings.